The van der Waals surface area contributed by atoms with E-state index in [2.05, 4.69) is 6.58 Å². The number of ether oxygens (including phenoxy) is 1. The number of rotatable bonds is 6. The van der Waals surface area contributed by atoms with Gasteiger partial charge in [0.25, 0.3) is 0 Å². The lowest BCUT2D eigenvalue weighted by Crippen LogP contribution is -2.32. The molecule has 0 fully saturated rings. The maximum atomic E-state index is 12.4. The molecule has 0 bridgehead atoms. The second kappa shape index (κ2) is 6.08. The largest absolute Gasteiger partial charge is 0.495 e. The van der Waals surface area contributed by atoms with E-state index in [9.17, 15) is 8.42 Å². The minimum absolute atomic E-state index is 0.161. The minimum Gasteiger partial charge on any atom is -0.495 e. The van der Waals surface area contributed by atoms with Crippen molar-refractivity contribution in [2.24, 2.45) is 0 Å². The first-order valence-corrected chi connectivity index (χ1v) is 7.35. The summed E-state index contributed by atoms with van der Waals surface area (Å²) in [7, 11) is -2.07. The predicted molar refractivity (Wildman–Crippen MR) is 76.7 cm³/mol. The number of nitrogens with zero attached hydrogens (tertiary/aromatic N) is 1. The average molecular weight is 284 g/mol. The number of hydrogen-bond donors (Lipinski definition) is 1. The predicted octanol–water partition coefficient (Wildman–Crippen LogP) is 1.86. The molecule has 1 aromatic rings. The highest BCUT2D eigenvalue weighted by atomic mass is 32.2. The van der Waals surface area contributed by atoms with Crippen LogP contribution in [0.5, 0.6) is 5.75 Å². The van der Waals surface area contributed by atoms with Crippen LogP contribution in [0.2, 0.25) is 0 Å². The number of methoxy groups -OCH3 is 1. The SMILES string of the molecule is C=C(C)CN(CC)S(=O)(=O)c1ccc(OC)c(N)c1. The number of nitrogens with two attached hydrogens (primary N) is 1. The van der Waals surface area contributed by atoms with Crippen molar-refractivity contribution in [3.05, 3.63) is 30.4 Å². The Labute approximate surface area is 114 Å². The van der Waals surface area contributed by atoms with E-state index in [-0.39, 0.29) is 4.90 Å². The molecule has 0 saturated carbocycles. The number of sulfonamides is 1. The van der Waals surface area contributed by atoms with Crippen LogP contribution in [0.15, 0.2) is 35.2 Å². The molecule has 1 aromatic carbocycles. The van der Waals surface area contributed by atoms with Gasteiger partial charge in [-0.3, -0.25) is 0 Å². The Balaban J connectivity index is 3.18. The second-order valence-corrected chi connectivity index (χ2v) is 6.23. The molecule has 0 aliphatic carbocycles. The lowest BCUT2D eigenvalue weighted by atomic mass is 10.3. The first kappa shape index (κ1) is 15.5. The van der Waals surface area contributed by atoms with Crippen molar-refractivity contribution in [3.63, 3.8) is 0 Å². The Hall–Kier alpha value is -1.53. The van der Waals surface area contributed by atoms with Crippen LogP contribution in [0.4, 0.5) is 5.69 Å². The zero-order chi connectivity index (χ0) is 14.6. The van der Waals surface area contributed by atoms with Crippen LogP contribution in [0.1, 0.15) is 13.8 Å². The third-order valence-electron chi connectivity index (χ3n) is 2.64. The highest BCUT2D eigenvalue weighted by Gasteiger charge is 2.23. The Morgan fingerprint density at radius 3 is 2.53 bits per heavy atom. The summed E-state index contributed by atoms with van der Waals surface area (Å²) in [5.41, 5.74) is 6.83. The third-order valence-corrected chi connectivity index (χ3v) is 4.55. The maximum Gasteiger partial charge on any atom is 0.243 e. The second-order valence-electron chi connectivity index (χ2n) is 4.29. The van der Waals surface area contributed by atoms with Gasteiger partial charge >= 0.3 is 0 Å². The van der Waals surface area contributed by atoms with Crippen LogP contribution >= 0.6 is 0 Å². The fourth-order valence-corrected chi connectivity index (χ4v) is 3.23. The average Bonchev–Trinajstić information content (AvgIpc) is 2.35. The summed E-state index contributed by atoms with van der Waals surface area (Å²) in [6.07, 6.45) is 0. The van der Waals surface area contributed by atoms with E-state index in [1.807, 2.05) is 0 Å². The molecular formula is C13H20N2O3S. The van der Waals surface area contributed by atoms with Crippen LogP contribution in [-0.4, -0.2) is 32.9 Å². The van der Waals surface area contributed by atoms with Crippen molar-refractivity contribution in [1.29, 1.82) is 0 Å². The molecule has 0 atom stereocenters. The van der Waals surface area contributed by atoms with Gasteiger partial charge in [-0.2, -0.15) is 4.31 Å². The van der Waals surface area contributed by atoms with Crippen molar-refractivity contribution in [2.45, 2.75) is 18.7 Å². The molecule has 0 spiro atoms. The molecule has 1 rings (SSSR count). The molecule has 19 heavy (non-hydrogen) atoms. The van der Waals surface area contributed by atoms with Gasteiger partial charge in [0.15, 0.2) is 0 Å². The molecule has 0 amide bonds. The summed E-state index contributed by atoms with van der Waals surface area (Å²) in [5, 5.41) is 0. The smallest absolute Gasteiger partial charge is 0.243 e. The van der Waals surface area contributed by atoms with E-state index in [4.69, 9.17) is 10.5 Å². The standard InChI is InChI=1S/C13H20N2O3S/c1-5-15(9-10(2)3)19(16,17)11-6-7-13(18-4)12(14)8-11/h6-8H,2,5,9,14H2,1,3-4H3. The summed E-state index contributed by atoms with van der Waals surface area (Å²) in [4.78, 5) is 0.161. The van der Waals surface area contributed by atoms with Gasteiger partial charge < -0.3 is 10.5 Å². The van der Waals surface area contributed by atoms with Gasteiger partial charge in [-0.1, -0.05) is 19.1 Å². The van der Waals surface area contributed by atoms with Crippen molar-refractivity contribution in [3.8, 4) is 5.75 Å². The van der Waals surface area contributed by atoms with E-state index < -0.39 is 10.0 Å². The maximum absolute atomic E-state index is 12.4. The number of benzene rings is 1. The van der Waals surface area contributed by atoms with Gasteiger partial charge in [-0.05, 0) is 25.1 Å². The van der Waals surface area contributed by atoms with Crippen LogP contribution in [0, 0.1) is 0 Å². The normalized spacial score (nSPS) is 11.6. The molecule has 0 aliphatic rings. The summed E-state index contributed by atoms with van der Waals surface area (Å²) >= 11 is 0. The van der Waals surface area contributed by atoms with Gasteiger partial charge in [-0.15, -0.1) is 0 Å². The Kier molecular flexibility index (Phi) is 4.97. The van der Waals surface area contributed by atoms with Crippen molar-refractivity contribution in [1.82, 2.24) is 4.31 Å². The molecule has 0 unspecified atom stereocenters. The van der Waals surface area contributed by atoms with Crippen LogP contribution in [0.25, 0.3) is 0 Å². The van der Waals surface area contributed by atoms with Crippen molar-refractivity contribution < 1.29 is 13.2 Å². The van der Waals surface area contributed by atoms with Gasteiger partial charge in [0.05, 0.1) is 17.7 Å². The molecule has 0 aromatic heterocycles. The molecule has 0 saturated heterocycles. The molecule has 0 aliphatic heterocycles. The van der Waals surface area contributed by atoms with Gasteiger partial charge in [0.1, 0.15) is 5.75 Å². The third kappa shape index (κ3) is 3.48. The highest BCUT2D eigenvalue weighted by molar-refractivity contribution is 7.89. The number of hydrogen-bond acceptors (Lipinski definition) is 4. The number of anilines is 1. The molecule has 106 valence electrons. The topological polar surface area (TPSA) is 72.6 Å². The Morgan fingerprint density at radius 2 is 2.11 bits per heavy atom. The summed E-state index contributed by atoms with van der Waals surface area (Å²) in [6, 6.07) is 4.46. The summed E-state index contributed by atoms with van der Waals surface area (Å²) in [5.74, 6) is 0.460. The van der Waals surface area contributed by atoms with Gasteiger partial charge in [-0.25, -0.2) is 8.42 Å². The number of likely N-dealkylation sites (N-methyl/N-ethyl adjacent to an activating group) is 1. The lowest BCUT2D eigenvalue weighted by Gasteiger charge is -2.21. The van der Waals surface area contributed by atoms with Gasteiger partial charge in [0.2, 0.25) is 10.0 Å². The quantitative estimate of drug-likeness (QED) is 0.639. The molecule has 0 radical (unpaired) electrons. The minimum atomic E-state index is -3.56. The fraction of sp³-hybridized carbons (Fsp3) is 0.385. The van der Waals surface area contributed by atoms with Gasteiger partial charge in [0, 0.05) is 13.1 Å². The van der Waals surface area contributed by atoms with Crippen molar-refractivity contribution >= 4 is 15.7 Å². The van der Waals surface area contributed by atoms with Crippen LogP contribution in [0.3, 0.4) is 0 Å². The molecule has 2 N–H and O–H groups in total. The van der Waals surface area contributed by atoms with E-state index in [0.29, 0.717) is 24.5 Å². The number of nitrogen functional groups attached to an aromatic ring is 1. The zero-order valence-corrected chi connectivity index (χ0v) is 12.3. The van der Waals surface area contributed by atoms with E-state index in [0.717, 1.165) is 5.57 Å². The lowest BCUT2D eigenvalue weighted by molar-refractivity contribution is 0.416. The highest BCUT2D eigenvalue weighted by Crippen LogP contribution is 2.26. The summed E-state index contributed by atoms with van der Waals surface area (Å²) < 4.78 is 31.3. The monoisotopic (exact) mass is 284 g/mol. The molecule has 0 heterocycles. The molecule has 5 nitrogen and oxygen atoms in total. The summed E-state index contributed by atoms with van der Waals surface area (Å²) in [6.45, 7) is 7.99. The fourth-order valence-electron chi connectivity index (χ4n) is 1.69. The Bertz CT molecular complexity index is 567. The Morgan fingerprint density at radius 1 is 1.47 bits per heavy atom. The van der Waals surface area contributed by atoms with E-state index in [1.54, 1.807) is 19.9 Å². The van der Waals surface area contributed by atoms with Crippen LogP contribution in [-0.2, 0) is 10.0 Å². The first-order chi connectivity index (χ1) is 8.82. The molecular weight excluding hydrogens is 264 g/mol. The zero-order valence-electron chi connectivity index (χ0n) is 11.5. The van der Waals surface area contributed by atoms with Crippen LogP contribution < -0.4 is 10.5 Å². The first-order valence-electron chi connectivity index (χ1n) is 5.91. The molecule has 6 heteroatoms. The van der Waals surface area contributed by atoms with E-state index >= 15 is 0 Å². The van der Waals surface area contributed by atoms with E-state index in [1.165, 1.54) is 23.5 Å². The van der Waals surface area contributed by atoms with Crippen molar-refractivity contribution in [2.75, 3.05) is 25.9 Å².